The summed E-state index contributed by atoms with van der Waals surface area (Å²) in [5, 5.41) is 7.23. The molecule has 4 rings (SSSR count). The number of benzene rings is 2. The zero-order valence-electron chi connectivity index (χ0n) is 19.2. The molecule has 0 saturated carbocycles. The van der Waals surface area contributed by atoms with Gasteiger partial charge >= 0.3 is 0 Å². The number of piperidine rings is 1. The van der Waals surface area contributed by atoms with E-state index in [9.17, 15) is 4.79 Å². The van der Waals surface area contributed by atoms with Gasteiger partial charge in [0.25, 0.3) is 0 Å². The Balaban J connectivity index is 1.11. The molecule has 7 heteroatoms. The van der Waals surface area contributed by atoms with E-state index >= 15 is 0 Å². The molecule has 1 aliphatic rings. The number of hydrogen-bond donors (Lipinski definition) is 1. The molecule has 1 N–H and O–H groups in total. The number of aromatic nitrogens is 2. The number of rotatable bonds is 10. The number of thioether (sulfide) groups is 1. The van der Waals surface area contributed by atoms with Crippen LogP contribution in [-0.4, -0.2) is 46.3 Å². The summed E-state index contributed by atoms with van der Waals surface area (Å²) in [5.74, 6) is 3.64. The van der Waals surface area contributed by atoms with Crippen molar-refractivity contribution in [1.82, 2.24) is 20.4 Å². The number of likely N-dealkylation sites (tertiary alicyclic amines) is 1. The first-order chi connectivity index (χ1) is 16.2. The van der Waals surface area contributed by atoms with Crippen molar-refractivity contribution in [2.24, 2.45) is 5.92 Å². The van der Waals surface area contributed by atoms with Crippen molar-refractivity contribution in [3.8, 4) is 11.4 Å². The Morgan fingerprint density at radius 1 is 1.12 bits per heavy atom. The summed E-state index contributed by atoms with van der Waals surface area (Å²) < 4.78 is 5.43. The Bertz CT molecular complexity index is 1020. The highest BCUT2D eigenvalue weighted by Crippen LogP contribution is 2.21. The molecular formula is C26H32N4O2S. The predicted molar refractivity (Wildman–Crippen MR) is 133 cm³/mol. The number of aryl methyl sites for hydroxylation is 1. The van der Waals surface area contributed by atoms with Gasteiger partial charge in [0.2, 0.25) is 17.6 Å². The van der Waals surface area contributed by atoms with Crippen molar-refractivity contribution in [1.29, 1.82) is 0 Å². The highest BCUT2D eigenvalue weighted by molar-refractivity contribution is 7.98. The Morgan fingerprint density at radius 2 is 1.88 bits per heavy atom. The number of hydrogen-bond acceptors (Lipinski definition) is 6. The standard InChI is InChI=1S/C26H32N4O2S/c1-20-8-5-6-11-23(20)19-33-17-7-14-27-26(31)22-12-15-30(16-13-22)18-24-28-25(29-32-24)21-9-3-2-4-10-21/h2-6,8-11,22H,7,12-19H2,1H3,(H,27,31). The largest absolute Gasteiger partial charge is 0.356 e. The number of carbonyl (C=O) groups is 1. The van der Waals surface area contributed by atoms with Gasteiger partial charge in [0.15, 0.2) is 0 Å². The third-order valence-electron chi connectivity index (χ3n) is 6.10. The van der Waals surface area contributed by atoms with E-state index in [1.54, 1.807) is 0 Å². The van der Waals surface area contributed by atoms with Gasteiger partial charge in [0.05, 0.1) is 6.54 Å². The minimum atomic E-state index is 0.100. The van der Waals surface area contributed by atoms with Crippen molar-refractivity contribution in [3.63, 3.8) is 0 Å². The quantitative estimate of drug-likeness (QED) is 0.439. The van der Waals surface area contributed by atoms with Crippen LogP contribution >= 0.6 is 11.8 Å². The fraction of sp³-hybridized carbons (Fsp3) is 0.423. The molecule has 0 spiro atoms. The number of amides is 1. The average Bonchev–Trinajstić information content (AvgIpc) is 3.32. The third-order valence-corrected chi connectivity index (χ3v) is 7.19. The normalized spacial score (nSPS) is 14.9. The fourth-order valence-corrected chi connectivity index (χ4v) is 5.09. The summed E-state index contributed by atoms with van der Waals surface area (Å²) in [4.78, 5) is 19.3. The first-order valence-corrected chi connectivity index (χ1v) is 12.8. The smallest absolute Gasteiger partial charge is 0.241 e. The van der Waals surface area contributed by atoms with Gasteiger partial charge in [-0.15, -0.1) is 0 Å². The van der Waals surface area contributed by atoms with Gasteiger partial charge in [-0.05, 0) is 56.2 Å². The number of carbonyl (C=O) groups excluding carboxylic acids is 1. The minimum Gasteiger partial charge on any atom is -0.356 e. The molecule has 1 aromatic heterocycles. The molecule has 1 saturated heterocycles. The van der Waals surface area contributed by atoms with Crippen LogP contribution in [0.25, 0.3) is 11.4 Å². The molecule has 174 valence electrons. The zero-order valence-corrected chi connectivity index (χ0v) is 20.0. The fourth-order valence-electron chi connectivity index (χ4n) is 4.05. The molecule has 1 aliphatic heterocycles. The van der Waals surface area contributed by atoms with E-state index in [1.807, 2.05) is 42.1 Å². The van der Waals surface area contributed by atoms with Crippen molar-refractivity contribution in [2.45, 2.75) is 38.5 Å². The second-order valence-electron chi connectivity index (χ2n) is 8.55. The van der Waals surface area contributed by atoms with E-state index in [1.165, 1.54) is 11.1 Å². The molecule has 1 amide bonds. The Kier molecular flexibility index (Phi) is 8.55. The first-order valence-electron chi connectivity index (χ1n) is 11.7. The van der Waals surface area contributed by atoms with E-state index in [0.717, 1.165) is 56.0 Å². The third kappa shape index (κ3) is 6.92. The number of nitrogens with zero attached hydrogens (tertiary/aromatic N) is 3. The molecule has 33 heavy (non-hydrogen) atoms. The van der Waals surface area contributed by atoms with Crippen LogP contribution in [-0.2, 0) is 17.1 Å². The lowest BCUT2D eigenvalue weighted by molar-refractivity contribution is -0.126. The minimum absolute atomic E-state index is 0.100. The Hall–Kier alpha value is -2.64. The molecule has 3 aromatic rings. The van der Waals surface area contributed by atoms with Crippen LogP contribution in [0.1, 0.15) is 36.3 Å². The molecule has 0 radical (unpaired) electrons. The van der Waals surface area contributed by atoms with Crippen LogP contribution in [0.2, 0.25) is 0 Å². The highest BCUT2D eigenvalue weighted by atomic mass is 32.2. The number of nitrogens with one attached hydrogen (secondary N) is 1. The van der Waals surface area contributed by atoms with Crippen LogP contribution in [0, 0.1) is 12.8 Å². The van der Waals surface area contributed by atoms with Gasteiger partial charge in [-0.1, -0.05) is 59.8 Å². The van der Waals surface area contributed by atoms with Gasteiger partial charge in [-0.3, -0.25) is 9.69 Å². The molecule has 0 bridgehead atoms. The lowest BCUT2D eigenvalue weighted by Gasteiger charge is -2.30. The Morgan fingerprint density at radius 3 is 2.67 bits per heavy atom. The monoisotopic (exact) mass is 464 g/mol. The topological polar surface area (TPSA) is 71.3 Å². The van der Waals surface area contributed by atoms with Crippen LogP contribution in [0.4, 0.5) is 0 Å². The van der Waals surface area contributed by atoms with Gasteiger partial charge in [0.1, 0.15) is 0 Å². The summed E-state index contributed by atoms with van der Waals surface area (Å²) >= 11 is 1.93. The highest BCUT2D eigenvalue weighted by Gasteiger charge is 2.25. The van der Waals surface area contributed by atoms with E-state index in [-0.39, 0.29) is 11.8 Å². The van der Waals surface area contributed by atoms with E-state index in [0.29, 0.717) is 18.3 Å². The molecule has 6 nitrogen and oxygen atoms in total. The maximum Gasteiger partial charge on any atom is 0.241 e. The van der Waals surface area contributed by atoms with E-state index < -0.39 is 0 Å². The van der Waals surface area contributed by atoms with Crippen molar-refractivity contribution in [2.75, 3.05) is 25.4 Å². The lowest BCUT2D eigenvalue weighted by atomic mass is 9.96. The van der Waals surface area contributed by atoms with Crippen LogP contribution in [0.3, 0.4) is 0 Å². The predicted octanol–water partition coefficient (Wildman–Crippen LogP) is 4.70. The van der Waals surface area contributed by atoms with Crippen LogP contribution < -0.4 is 5.32 Å². The maximum atomic E-state index is 12.5. The summed E-state index contributed by atoms with van der Waals surface area (Å²) in [6.45, 7) is 5.28. The van der Waals surface area contributed by atoms with Gasteiger partial charge in [-0.25, -0.2) is 0 Å². The van der Waals surface area contributed by atoms with Crippen molar-refractivity contribution >= 4 is 17.7 Å². The summed E-state index contributed by atoms with van der Waals surface area (Å²) in [7, 11) is 0. The summed E-state index contributed by atoms with van der Waals surface area (Å²) in [5.41, 5.74) is 3.70. The molecule has 0 unspecified atom stereocenters. The van der Waals surface area contributed by atoms with Gasteiger partial charge in [-0.2, -0.15) is 16.7 Å². The molecule has 2 heterocycles. The first kappa shape index (κ1) is 23.5. The summed E-state index contributed by atoms with van der Waals surface area (Å²) in [6, 6.07) is 18.4. The van der Waals surface area contributed by atoms with Crippen molar-refractivity contribution in [3.05, 3.63) is 71.6 Å². The second-order valence-corrected chi connectivity index (χ2v) is 9.66. The van der Waals surface area contributed by atoms with Crippen LogP contribution in [0.5, 0.6) is 0 Å². The maximum absolute atomic E-state index is 12.5. The van der Waals surface area contributed by atoms with Gasteiger partial charge in [0, 0.05) is 23.8 Å². The average molecular weight is 465 g/mol. The Labute approximate surface area is 200 Å². The molecule has 0 atom stereocenters. The zero-order chi connectivity index (χ0) is 22.9. The van der Waals surface area contributed by atoms with Gasteiger partial charge < -0.3 is 9.84 Å². The van der Waals surface area contributed by atoms with Crippen LogP contribution in [0.15, 0.2) is 59.1 Å². The molecule has 0 aliphatic carbocycles. The second kappa shape index (κ2) is 12.0. The van der Waals surface area contributed by atoms with Crippen molar-refractivity contribution < 1.29 is 9.32 Å². The van der Waals surface area contributed by atoms with E-state index in [2.05, 4.69) is 51.5 Å². The SMILES string of the molecule is Cc1ccccc1CSCCCNC(=O)C1CCN(Cc2nc(-c3ccccc3)no2)CC1. The molecule has 2 aromatic carbocycles. The van der Waals surface area contributed by atoms with E-state index in [4.69, 9.17) is 4.52 Å². The molecule has 1 fully saturated rings. The summed E-state index contributed by atoms with van der Waals surface area (Å²) in [6.07, 6.45) is 2.74. The lowest BCUT2D eigenvalue weighted by Crippen LogP contribution is -2.40. The molecular weight excluding hydrogens is 432 g/mol.